The highest BCUT2D eigenvalue weighted by molar-refractivity contribution is 7.12. The molecule has 4 rings (SSSR count). The van der Waals surface area contributed by atoms with E-state index in [2.05, 4.69) is 15.0 Å². The molecule has 2 aromatic rings. The Bertz CT molecular complexity index is 759. The zero-order valence-electron chi connectivity index (χ0n) is 11.9. The molecule has 1 unspecified atom stereocenters. The van der Waals surface area contributed by atoms with Crippen molar-refractivity contribution in [2.75, 3.05) is 0 Å². The van der Waals surface area contributed by atoms with E-state index in [0.29, 0.717) is 10.8 Å². The summed E-state index contributed by atoms with van der Waals surface area (Å²) < 4.78 is 5.53. The number of ether oxygens (including phenoxy) is 1. The normalized spacial score (nSPS) is 21.9. The summed E-state index contributed by atoms with van der Waals surface area (Å²) in [5, 5.41) is 2.41. The van der Waals surface area contributed by atoms with E-state index >= 15 is 0 Å². The van der Waals surface area contributed by atoms with Crippen LogP contribution in [0.1, 0.15) is 42.5 Å². The molecule has 0 bridgehead atoms. The lowest BCUT2D eigenvalue weighted by atomic mass is 9.54. The zero-order valence-corrected chi connectivity index (χ0v) is 12.7. The average molecular weight is 317 g/mol. The van der Waals surface area contributed by atoms with Gasteiger partial charge in [-0.15, -0.1) is 11.3 Å². The third kappa shape index (κ3) is 2.08. The number of thiazole rings is 1. The molecule has 0 saturated heterocycles. The van der Waals surface area contributed by atoms with Crippen LogP contribution < -0.4 is 5.56 Å². The van der Waals surface area contributed by atoms with E-state index in [1.54, 1.807) is 11.6 Å². The van der Waals surface area contributed by atoms with Crippen molar-refractivity contribution in [3.8, 4) is 10.8 Å². The van der Waals surface area contributed by atoms with E-state index < -0.39 is 11.5 Å². The lowest BCUT2D eigenvalue weighted by molar-refractivity contribution is -0.123. The summed E-state index contributed by atoms with van der Waals surface area (Å²) in [5.74, 6) is -0.203. The van der Waals surface area contributed by atoms with Crippen LogP contribution in [0.2, 0.25) is 0 Å². The number of aromatic nitrogens is 3. The Morgan fingerprint density at radius 2 is 2.23 bits per heavy atom. The van der Waals surface area contributed by atoms with Gasteiger partial charge in [0.25, 0.3) is 5.56 Å². The van der Waals surface area contributed by atoms with Crippen LogP contribution in [0, 0.1) is 5.41 Å². The third-order valence-electron chi connectivity index (χ3n) is 4.84. The summed E-state index contributed by atoms with van der Waals surface area (Å²) in [4.78, 5) is 35.1. The number of aromatic amines is 1. The molecule has 0 radical (unpaired) electrons. The highest BCUT2D eigenvalue weighted by atomic mass is 32.1. The van der Waals surface area contributed by atoms with Gasteiger partial charge in [0.05, 0.1) is 0 Å². The monoisotopic (exact) mass is 317 g/mol. The van der Waals surface area contributed by atoms with Crippen LogP contribution in [0.5, 0.6) is 0 Å². The maximum absolute atomic E-state index is 12.2. The summed E-state index contributed by atoms with van der Waals surface area (Å²) in [7, 11) is 0. The standard InChI is InChI=1S/C15H15N3O3S/c19-12-9(8-17-11(18-12)13-16-6-7-22-13)14(20)21-10-2-5-15(10)3-1-4-15/h6-8,10H,1-5H2,(H,17,18,19). The maximum atomic E-state index is 12.2. The Morgan fingerprint density at radius 3 is 2.77 bits per heavy atom. The first-order valence-electron chi connectivity index (χ1n) is 7.38. The maximum Gasteiger partial charge on any atom is 0.345 e. The molecule has 1 atom stereocenters. The molecule has 22 heavy (non-hydrogen) atoms. The van der Waals surface area contributed by atoms with E-state index in [0.717, 1.165) is 25.7 Å². The van der Waals surface area contributed by atoms with E-state index in [-0.39, 0.29) is 17.1 Å². The fourth-order valence-electron chi connectivity index (χ4n) is 3.24. The number of carbonyl (C=O) groups is 1. The summed E-state index contributed by atoms with van der Waals surface area (Å²) >= 11 is 1.37. The molecule has 2 aromatic heterocycles. The highest BCUT2D eigenvalue weighted by Gasteiger charge is 2.53. The number of carbonyl (C=O) groups excluding carboxylic acids is 1. The van der Waals surface area contributed by atoms with Gasteiger partial charge in [-0.05, 0) is 25.7 Å². The second kappa shape index (κ2) is 5.01. The Labute approximate surface area is 130 Å². The molecule has 2 fully saturated rings. The van der Waals surface area contributed by atoms with Crippen LogP contribution in [-0.4, -0.2) is 27.0 Å². The summed E-state index contributed by atoms with van der Waals surface area (Å²) in [6.45, 7) is 0. The van der Waals surface area contributed by atoms with Crippen molar-refractivity contribution >= 4 is 17.3 Å². The zero-order chi connectivity index (χ0) is 15.2. The second-order valence-corrected chi connectivity index (χ2v) is 6.85. The highest BCUT2D eigenvalue weighted by Crippen LogP contribution is 2.57. The Balaban J connectivity index is 1.52. The van der Waals surface area contributed by atoms with Gasteiger partial charge in [-0.25, -0.2) is 14.8 Å². The minimum Gasteiger partial charge on any atom is -0.458 e. The molecule has 2 aliphatic rings. The van der Waals surface area contributed by atoms with Crippen molar-refractivity contribution in [3.05, 3.63) is 33.7 Å². The van der Waals surface area contributed by atoms with Crippen molar-refractivity contribution < 1.29 is 9.53 Å². The fraction of sp³-hybridized carbons (Fsp3) is 0.467. The fourth-order valence-corrected chi connectivity index (χ4v) is 3.83. The second-order valence-electron chi connectivity index (χ2n) is 5.96. The van der Waals surface area contributed by atoms with Crippen LogP contribution in [0.4, 0.5) is 0 Å². The Morgan fingerprint density at radius 1 is 1.36 bits per heavy atom. The molecule has 6 nitrogen and oxygen atoms in total. The van der Waals surface area contributed by atoms with E-state index in [1.165, 1.54) is 24.0 Å². The van der Waals surface area contributed by atoms with Crippen molar-refractivity contribution in [1.29, 1.82) is 0 Å². The van der Waals surface area contributed by atoms with Crippen LogP contribution in [-0.2, 0) is 4.74 Å². The molecule has 1 N–H and O–H groups in total. The molecule has 0 aliphatic heterocycles. The van der Waals surface area contributed by atoms with Crippen LogP contribution >= 0.6 is 11.3 Å². The summed E-state index contributed by atoms with van der Waals surface area (Å²) in [6.07, 6.45) is 8.37. The SMILES string of the molecule is O=C(OC1CCC12CCC2)c1cnc(-c2nccs2)[nH]c1=O. The predicted octanol–water partition coefficient (Wildman–Crippen LogP) is 2.38. The quantitative estimate of drug-likeness (QED) is 0.879. The first-order chi connectivity index (χ1) is 10.7. The van der Waals surface area contributed by atoms with Crippen molar-refractivity contribution in [1.82, 2.24) is 15.0 Å². The van der Waals surface area contributed by atoms with Crippen molar-refractivity contribution in [2.24, 2.45) is 5.41 Å². The van der Waals surface area contributed by atoms with Gasteiger partial charge in [0.1, 0.15) is 11.7 Å². The minimum absolute atomic E-state index is 0.0354. The van der Waals surface area contributed by atoms with Gasteiger partial charge < -0.3 is 9.72 Å². The number of nitrogens with zero attached hydrogens (tertiary/aromatic N) is 2. The number of esters is 1. The van der Waals surface area contributed by atoms with Crippen molar-refractivity contribution in [2.45, 2.75) is 38.2 Å². The van der Waals surface area contributed by atoms with Crippen LogP contribution in [0.3, 0.4) is 0 Å². The average Bonchev–Trinajstić information content (AvgIpc) is 2.95. The molecule has 2 aliphatic carbocycles. The summed E-state index contributed by atoms with van der Waals surface area (Å²) in [5.41, 5.74) is -0.315. The first kappa shape index (κ1) is 13.6. The Kier molecular flexibility index (Phi) is 3.11. The largest absolute Gasteiger partial charge is 0.458 e. The molecular weight excluding hydrogens is 302 g/mol. The molecule has 0 aromatic carbocycles. The number of H-pyrrole nitrogens is 1. The van der Waals surface area contributed by atoms with E-state index in [1.807, 2.05) is 0 Å². The number of hydrogen-bond acceptors (Lipinski definition) is 6. The number of rotatable bonds is 3. The third-order valence-corrected chi connectivity index (χ3v) is 5.62. The molecule has 2 saturated carbocycles. The molecule has 7 heteroatoms. The van der Waals surface area contributed by atoms with E-state index in [4.69, 9.17) is 4.74 Å². The molecule has 114 valence electrons. The van der Waals surface area contributed by atoms with Gasteiger partial charge in [0, 0.05) is 23.2 Å². The predicted molar refractivity (Wildman–Crippen MR) is 80.7 cm³/mol. The smallest absolute Gasteiger partial charge is 0.345 e. The van der Waals surface area contributed by atoms with Gasteiger partial charge in [0.2, 0.25) is 0 Å². The van der Waals surface area contributed by atoms with Crippen LogP contribution in [0.25, 0.3) is 10.8 Å². The topological polar surface area (TPSA) is 84.9 Å². The van der Waals surface area contributed by atoms with Gasteiger partial charge in [-0.1, -0.05) is 6.42 Å². The van der Waals surface area contributed by atoms with Crippen molar-refractivity contribution in [3.63, 3.8) is 0 Å². The van der Waals surface area contributed by atoms with Gasteiger partial charge in [-0.2, -0.15) is 0 Å². The first-order valence-corrected chi connectivity index (χ1v) is 8.26. The minimum atomic E-state index is -0.574. The molecule has 2 heterocycles. The lowest BCUT2D eigenvalue weighted by Gasteiger charge is -2.54. The summed E-state index contributed by atoms with van der Waals surface area (Å²) in [6, 6.07) is 0. The Hall–Kier alpha value is -2.02. The van der Waals surface area contributed by atoms with Gasteiger partial charge in [0.15, 0.2) is 10.8 Å². The molecular formula is C15H15N3O3S. The molecule has 1 spiro atoms. The van der Waals surface area contributed by atoms with Gasteiger partial charge in [-0.3, -0.25) is 4.79 Å². The van der Waals surface area contributed by atoms with Gasteiger partial charge >= 0.3 is 5.97 Å². The van der Waals surface area contributed by atoms with Crippen LogP contribution in [0.15, 0.2) is 22.6 Å². The lowest BCUT2D eigenvalue weighted by Crippen LogP contribution is -2.52. The number of nitrogens with one attached hydrogen (secondary N) is 1. The number of hydrogen-bond donors (Lipinski definition) is 1. The van der Waals surface area contributed by atoms with E-state index in [9.17, 15) is 9.59 Å². The molecule has 0 amide bonds.